The number of methoxy groups -OCH3 is 1. The molecule has 0 aromatic rings. The van der Waals surface area contributed by atoms with Crippen molar-refractivity contribution >= 4 is 0 Å². The predicted octanol–water partition coefficient (Wildman–Crippen LogP) is 1.98. The molecule has 0 radical (unpaired) electrons. The van der Waals surface area contributed by atoms with Crippen LogP contribution in [0, 0.1) is 11.8 Å². The lowest BCUT2D eigenvalue weighted by atomic mass is 10.1. The van der Waals surface area contributed by atoms with Gasteiger partial charge in [0.2, 0.25) is 0 Å². The Hall–Kier alpha value is -0.120. The third-order valence-corrected chi connectivity index (χ3v) is 3.65. The minimum absolute atomic E-state index is 0.180. The maximum atomic E-state index is 5.34. The molecule has 0 bridgehead atoms. The molecule has 0 amide bonds. The molecule has 3 atom stereocenters. The van der Waals surface area contributed by atoms with Gasteiger partial charge in [-0.1, -0.05) is 6.92 Å². The summed E-state index contributed by atoms with van der Waals surface area (Å²) in [5, 5.41) is 3.57. The van der Waals surface area contributed by atoms with Gasteiger partial charge in [-0.25, -0.2) is 0 Å². The van der Waals surface area contributed by atoms with Gasteiger partial charge in [0, 0.05) is 31.8 Å². The summed E-state index contributed by atoms with van der Waals surface area (Å²) in [7, 11) is 4.01. The lowest BCUT2D eigenvalue weighted by molar-refractivity contribution is 0.0977. The molecule has 1 rings (SSSR count). The van der Waals surface area contributed by atoms with Crippen molar-refractivity contribution in [2.75, 3.05) is 33.9 Å². The Morgan fingerprint density at radius 3 is 2.41 bits per heavy atom. The van der Waals surface area contributed by atoms with Gasteiger partial charge in [0.15, 0.2) is 0 Å². The van der Waals surface area contributed by atoms with Crippen LogP contribution in [0.2, 0.25) is 0 Å². The van der Waals surface area contributed by atoms with Crippen molar-refractivity contribution in [1.29, 1.82) is 0 Å². The molecule has 1 fully saturated rings. The first-order valence-electron chi connectivity index (χ1n) is 6.77. The molecule has 0 aliphatic heterocycles. The number of ether oxygens (including phenoxy) is 1. The second kappa shape index (κ2) is 6.17. The normalized spacial score (nSPS) is 26.3. The summed E-state index contributed by atoms with van der Waals surface area (Å²) in [6.07, 6.45) is 1.40. The van der Waals surface area contributed by atoms with Crippen molar-refractivity contribution < 1.29 is 4.74 Å². The third kappa shape index (κ3) is 5.84. The van der Waals surface area contributed by atoms with Crippen LogP contribution < -0.4 is 5.32 Å². The van der Waals surface area contributed by atoms with Gasteiger partial charge in [-0.05, 0) is 46.1 Å². The van der Waals surface area contributed by atoms with E-state index in [1.54, 1.807) is 7.11 Å². The summed E-state index contributed by atoms with van der Waals surface area (Å²) in [6, 6.07) is 0.479. The minimum Gasteiger partial charge on any atom is -0.383 e. The smallest absolute Gasteiger partial charge is 0.0630 e. The van der Waals surface area contributed by atoms with Crippen LogP contribution in [0.3, 0.4) is 0 Å². The predicted molar refractivity (Wildman–Crippen MR) is 73.3 cm³/mol. The van der Waals surface area contributed by atoms with Gasteiger partial charge in [-0.2, -0.15) is 0 Å². The molecule has 17 heavy (non-hydrogen) atoms. The summed E-state index contributed by atoms with van der Waals surface area (Å²) < 4.78 is 5.34. The fourth-order valence-corrected chi connectivity index (χ4v) is 2.13. The maximum absolute atomic E-state index is 5.34. The molecule has 102 valence electrons. The fraction of sp³-hybridized carbons (Fsp3) is 1.00. The number of likely N-dealkylation sites (N-methyl/N-ethyl adjacent to an activating group) is 1. The average molecular weight is 242 g/mol. The van der Waals surface area contributed by atoms with Crippen molar-refractivity contribution in [2.24, 2.45) is 11.8 Å². The number of nitrogens with zero attached hydrogens (tertiary/aromatic N) is 1. The Balaban J connectivity index is 2.35. The van der Waals surface area contributed by atoms with Crippen LogP contribution in [0.25, 0.3) is 0 Å². The van der Waals surface area contributed by atoms with Gasteiger partial charge in [-0.15, -0.1) is 0 Å². The molecule has 0 saturated heterocycles. The summed E-state index contributed by atoms with van der Waals surface area (Å²) in [5.41, 5.74) is 0.180. The second-order valence-corrected chi connectivity index (χ2v) is 6.65. The molecule has 3 heteroatoms. The van der Waals surface area contributed by atoms with Crippen molar-refractivity contribution in [1.82, 2.24) is 10.2 Å². The maximum Gasteiger partial charge on any atom is 0.0630 e. The molecule has 0 heterocycles. The van der Waals surface area contributed by atoms with E-state index in [9.17, 15) is 0 Å². The van der Waals surface area contributed by atoms with Crippen LogP contribution in [-0.2, 0) is 4.74 Å². The monoisotopic (exact) mass is 242 g/mol. The van der Waals surface area contributed by atoms with Crippen molar-refractivity contribution in [3.8, 4) is 0 Å². The first-order valence-corrected chi connectivity index (χ1v) is 6.77. The third-order valence-electron chi connectivity index (χ3n) is 3.65. The van der Waals surface area contributed by atoms with E-state index < -0.39 is 0 Å². The molecule has 3 nitrogen and oxygen atoms in total. The van der Waals surface area contributed by atoms with E-state index in [1.165, 1.54) is 13.0 Å². The second-order valence-electron chi connectivity index (χ2n) is 6.65. The molecular weight excluding hydrogens is 212 g/mol. The summed E-state index contributed by atoms with van der Waals surface area (Å²) in [4.78, 5) is 2.45. The molecule has 3 unspecified atom stereocenters. The van der Waals surface area contributed by atoms with Crippen LogP contribution in [-0.4, -0.2) is 50.3 Å². The number of rotatable bonds is 7. The van der Waals surface area contributed by atoms with Gasteiger partial charge in [-0.3, -0.25) is 4.90 Å². The Morgan fingerprint density at radius 1 is 1.41 bits per heavy atom. The molecule has 0 aromatic carbocycles. The lowest BCUT2D eigenvalue weighted by Crippen LogP contribution is -2.48. The number of hydrogen-bond donors (Lipinski definition) is 1. The molecule has 1 N–H and O–H groups in total. The highest BCUT2D eigenvalue weighted by Gasteiger charge is 2.34. The zero-order valence-electron chi connectivity index (χ0n) is 12.4. The first-order chi connectivity index (χ1) is 7.83. The van der Waals surface area contributed by atoms with Crippen LogP contribution in [0.15, 0.2) is 0 Å². The van der Waals surface area contributed by atoms with E-state index in [-0.39, 0.29) is 5.54 Å². The molecule has 1 aliphatic rings. The van der Waals surface area contributed by atoms with E-state index in [2.05, 4.69) is 45.0 Å². The van der Waals surface area contributed by atoms with Crippen molar-refractivity contribution in [2.45, 2.75) is 45.7 Å². The molecule has 0 aromatic heterocycles. The Morgan fingerprint density at radius 2 is 2.00 bits per heavy atom. The van der Waals surface area contributed by atoms with Crippen LogP contribution in [0.5, 0.6) is 0 Å². The van der Waals surface area contributed by atoms with Gasteiger partial charge >= 0.3 is 0 Å². The lowest BCUT2D eigenvalue weighted by Gasteiger charge is -2.31. The van der Waals surface area contributed by atoms with Crippen LogP contribution in [0.1, 0.15) is 34.1 Å². The molecule has 0 spiro atoms. The zero-order chi connectivity index (χ0) is 13.1. The Bertz CT molecular complexity index is 225. The largest absolute Gasteiger partial charge is 0.383 e. The molecule has 1 aliphatic carbocycles. The van der Waals surface area contributed by atoms with E-state index >= 15 is 0 Å². The standard InChI is InChI=1S/C14H30N2O/c1-11-7-12(11)9-16(5)13(10-17-6)8-15-14(2,3)4/h11-13,15H,7-10H2,1-6H3. The van der Waals surface area contributed by atoms with E-state index in [0.29, 0.717) is 6.04 Å². The highest BCUT2D eigenvalue weighted by molar-refractivity contribution is 4.87. The van der Waals surface area contributed by atoms with Crippen LogP contribution in [0.4, 0.5) is 0 Å². The van der Waals surface area contributed by atoms with Gasteiger partial charge in [0.1, 0.15) is 0 Å². The van der Waals surface area contributed by atoms with E-state index in [4.69, 9.17) is 4.74 Å². The Kier molecular flexibility index (Phi) is 5.42. The molecule has 1 saturated carbocycles. The van der Waals surface area contributed by atoms with Gasteiger partial charge in [0.05, 0.1) is 6.61 Å². The Labute approximate surface area is 107 Å². The zero-order valence-corrected chi connectivity index (χ0v) is 12.4. The van der Waals surface area contributed by atoms with Gasteiger partial charge < -0.3 is 10.1 Å². The minimum atomic E-state index is 0.180. The van der Waals surface area contributed by atoms with Crippen LogP contribution >= 0.6 is 0 Å². The SMILES string of the molecule is COCC(CNC(C)(C)C)N(C)CC1CC1C. The summed E-state index contributed by atoms with van der Waals surface area (Å²) >= 11 is 0. The molecular formula is C14H30N2O. The highest BCUT2D eigenvalue weighted by Crippen LogP contribution is 2.38. The number of hydrogen-bond acceptors (Lipinski definition) is 3. The average Bonchev–Trinajstić information content (AvgIpc) is 2.87. The van der Waals surface area contributed by atoms with E-state index in [0.717, 1.165) is 25.0 Å². The topological polar surface area (TPSA) is 24.5 Å². The van der Waals surface area contributed by atoms with Crippen molar-refractivity contribution in [3.63, 3.8) is 0 Å². The van der Waals surface area contributed by atoms with Gasteiger partial charge in [0.25, 0.3) is 0 Å². The fourth-order valence-electron chi connectivity index (χ4n) is 2.13. The quantitative estimate of drug-likeness (QED) is 0.739. The van der Waals surface area contributed by atoms with E-state index in [1.807, 2.05) is 0 Å². The summed E-state index contributed by atoms with van der Waals surface area (Å²) in [6.45, 7) is 12.0. The first kappa shape index (κ1) is 14.9. The van der Waals surface area contributed by atoms with Crippen molar-refractivity contribution in [3.05, 3.63) is 0 Å². The highest BCUT2D eigenvalue weighted by atomic mass is 16.5. The number of nitrogens with one attached hydrogen (secondary N) is 1. The summed E-state index contributed by atoms with van der Waals surface area (Å²) in [5.74, 6) is 1.84.